The molecule has 1 heterocycles. The molecule has 0 radical (unpaired) electrons. The van der Waals surface area contributed by atoms with Gasteiger partial charge in [0.05, 0.1) is 17.4 Å². The number of carbonyl (C=O) groups is 2. The molecule has 3 aromatic rings. The topological polar surface area (TPSA) is 96.3 Å². The lowest BCUT2D eigenvalue weighted by atomic mass is 10.1. The lowest BCUT2D eigenvalue weighted by Gasteiger charge is -2.10. The third kappa shape index (κ3) is 4.17. The Kier molecular flexibility index (Phi) is 5.39. The van der Waals surface area contributed by atoms with Gasteiger partial charge in [-0.2, -0.15) is 5.10 Å². The van der Waals surface area contributed by atoms with E-state index >= 15 is 0 Å². The molecule has 144 valence electrons. The first kappa shape index (κ1) is 19.1. The number of phenols is 1. The Balaban J connectivity index is 1.80. The molecule has 8 heteroatoms. The molecule has 0 aliphatic rings. The van der Waals surface area contributed by atoms with Crippen molar-refractivity contribution in [3.63, 3.8) is 0 Å². The number of aromatic hydroxyl groups is 1. The highest BCUT2D eigenvalue weighted by atomic mass is 19.1. The number of hydrogen-bond acceptors (Lipinski definition) is 4. The van der Waals surface area contributed by atoms with Crippen LogP contribution in [-0.2, 0) is 0 Å². The summed E-state index contributed by atoms with van der Waals surface area (Å²) in [6.07, 6.45) is 3.60. The van der Waals surface area contributed by atoms with Crippen molar-refractivity contribution in [3.05, 3.63) is 60.2 Å². The van der Waals surface area contributed by atoms with Crippen LogP contribution in [0, 0.1) is 5.82 Å². The lowest BCUT2D eigenvalue weighted by molar-refractivity contribution is 0.112. The number of anilines is 1. The summed E-state index contributed by atoms with van der Waals surface area (Å²) in [5, 5.41) is 19.2. The molecule has 3 rings (SSSR count). The van der Waals surface area contributed by atoms with Gasteiger partial charge in [-0.1, -0.05) is 0 Å². The summed E-state index contributed by atoms with van der Waals surface area (Å²) in [5.41, 5.74) is 2.24. The fourth-order valence-electron chi connectivity index (χ4n) is 2.62. The van der Waals surface area contributed by atoms with Crippen molar-refractivity contribution >= 4 is 18.0 Å². The minimum atomic E-state index is -0.873. The van der Waals surface area contributed by atoms with Gasteiger partial charge in [0.15, 0.2) is 17.9 Å². The second-order valence-corrected chi connectivity index (χ2v) is 6.49. The van der Waals surface area contributed by atoms with E-state index in [2.05, 4.69) is 15.7 Å². The SMILES string of the molecule is CC(C)NC(=O)Nc1ccc(-n2cc(-c3cc(F)c(O)c(C=O)c3)cn2)cc1. The number of hydrogen-bond donors (Lipinski definition) is 3. The number of carbonyl (C=O) groups excluding carboxylic acids is 2. The van der Waals surface area contributed by atoms with E-state index in [0.717, 1.165) is 11.8 Å². The Morgan fingerprint density at radius 3 is 2.57 bits per heavy atom. The number of nitrogens with one attached hydrogen (secondary N) is 2. The van der Waals surface area contributed by atoms with Gasteiger partial charge in [0, 0.05) is 23.5 Å². The molecule has 3 N–H and O–H groups in total. The van der Waals surface area contributed by atoms with Crippen LogP contribution < -0.4 is 10.6 Å². The number of benzene rings is 2. The summed E-state index contributed by atoms with van der Waals surface area (Å²) < 4.78 is 15.4. The highest BCUT2D eigenvalue weighted by Crippen LogP contribution is 2.28. The van der Waals surface area contributed by atoms with E-state index in [-0.39, 0.29) is 17.6 Å². The molecule has 2 aromatic carbocycles. The summed E-state index contributed by atoms with van der Waals surface area (Å²) in [4.78, 5) is 22.7. The van der Waals surface area contributed by atoms with E-state index in [1.807, 2.05) is 13.8 Å². The maximum Gasteiger partial charge on any atom is 0.319 e. The Morgan fingerprint density at radius 2 is 1.93 bits per heavy atom. The van der Waals surface area contributed by atoms with Crippen molar-refractivity contribution in [2.75, 3.05) is 5.32 Å². The summed E-state index contributed by atoms with van der Waals surface area (Å²) in [5.74, 6) is -1.54. The minimum Gasteiger partial charge on any atom is -0.504 e. The zero-order valence-corrected chi connectivity index (χ0v) is 15.3. The van der Waals surface area contributed by atoms with Crippen molar-refractivity contribution in [1.82, 2.24) is 15.1 Å². The number of aromatic nitrogens is 2. The van der Waals surface area contributed by atoms with Crippen LogP contribution in [0.5, 0.6) is 5.75 Å². The number of urea groups is 1. The highest BCUT2D eigenvalue weighted by molar-refractivity contribution is 5.89. The molecule has 0 saturated carbocycles. The average Bonchev–Trinajstić information content (AvgIpc) is 3.14. The van der Waals surface area contributed by atoms with Crippen molar-refractivity contribution in [1.29, 1.82) is 0 Å². The minimum absolute atomic E-state index is 0.0336. The van der Waals surface area contributed by atoms with Crippen LogP contribution in [0.2, 0.25) is 0 Å². The smallest absolute Gasteiger partial charge is 0.319 e. The van der Waals surface area contributed by atoms with Crippen molar-refractivity contribution < 1.29 is 19.1 Å². The summed E-state index contributed by atoms with van der Waals surface area (Å²) in [7, 11) is 0. The number of nitrogens with zero attached hydrogens (tertiary/aromatic N) is 2. The van der Waals surface area contributed by atoms with E-state index in [0.29, 0.717) is 23.1 Å². The second-order valence-electron chi connectivity index (χ2n) is 6.49. The second kappa shape index (κ2) is 7.91. The van der Waals surface area contributed by atoms with Gasteiger partial charge < -0.3 is 15.7 Å². The molecule has 0 atom stereocenters. The summed E-state index contributed by atoms with van der Waals surface area (Å²) >= 11 is 0. The van der Waals surface area contributed by atoms with Crippen molar-refractivity contribution in [3.8, 4) is 22.6 Å². The van der Waals surface area contributed by atoms with Crippen LogP contribution in [0.1, 0.15) is 24.2 Å². The third-order valence-electron chi connectivity index (χ3n) is 3.95. The number of halogens is 1. The average molecular weight is 382 g/mol. The quantitative estimate of drug-likeness (QED) is 0.586. The van der Waals surface area contributed by atoms with Crippen LogP contribution in [0.3, 0.4) is 0 Å². The van der Waals surface area contributed by atoms with Crippen LogP contribution in [0.15, 0.2) is 48.8 Å². The van der Waals surface area contributed by atoms with Crippen LogP contribution in [-0.4, -0.2) is 33.2 Å². The first-order valence-corrected chi connectivity index (χ1v) is 8.58. The van der Waals surface area contributed by atoms with Gasteiger partial charge in [-0.25, -0.2) is 13.9 Å². The highest BCUT2D eigenvalue weighted by Gasteiger charge is 2.12. The van der Waals surface area contributed by atoms with E-state index in [1.165, 1.54) is 12.3 Å². The molecule has 0 fully saturated rings. The van der Waals surface area contributed by atoms with Crippen molar-refractivity contribution in [2.45, 2.75) is 19.9 Å². The van der Waals surface area contributed by atoms with E-state index in [9.17, 15) is 19.1 Å². The van der Waals surface area contributed by atoms with Gasteiger partial charge >= 0.3 is 6.03 Å². The maximum atomic E-state index is 13.8. The van der Waals surface area contributed by atoms with Gasteiger partial charge in [-0.05, 0) is 55.8 Å². The van der Waals surface area contributed by atoms with Gasteiger partial charge in [0.25, 0.3) is 0 Å². The molecule has 0 unspecified atom stereocenters. The Morgan fingerprint density at radius 1 is 1.21 bits per heavy atom. The Labute approximate surface area is 160 Å². The number of aldehydes is 1. The molecule has 0 aliphatic heterocycles. The van der Waals surface area contributed by atoms with E-state index in [4.69, 9.17) is 0 Å². The third-order valence-corrected chi connectivity index (χ3v) is 3.95. The van der Waals surface area contributed by atoms with Gasteiger partial charge in [0.2, 0.25) is 0 Å². The van der Waals surface area contributed by atoms with Crippen LogP contribution in [0.4, 0.5) is 14.9 Å². The predicted molar refractivity (Wildman–Crippen MR) is 103 cm³/mol. The monoisotopic (exact) mass is 382 g/mol. The summed E-state index contributed by atoms with van der Waals surface area (Å²) in [6, 6.07) is 9.31. The molecule has 0 saturated heterocycles. The zero-order valence-electron chi connectivity index (χ0n) is 15.3. The number of amides is 2. The number of phenolic OH excluding ortho intramolecular Hbond substituents is 1. The van der Waals surface area contributed by atoms with E-state index in [1.54, 1.807) is 35.1 Å². The van der Waals surface area contributed by atoms with Crippen LogP contribution >= 0.6 is 0 Å². The normalized spacial score (nSPS) is 10.7. The molecule has 28 heavy (non-hydrogen) atoms. The Bertz CT molecular complexity index is 1010. The molecule has 1 aromatic heterocycles. The van der Waals surface area contributed by atoms with Gasteiger partial charge in [-0.3, -0.25) is 4.79 Å². The molecule has 2 amide bonds. The van der Waals surface area contributed by atoms with Gasteiger partial charge in [-0.15, -0.1) is 0 Å². The molecular formula is C20H19FN4O3. The standard InChI is InChI=1S/C20H19FN4O3/c1-12(2)23-20(28)24-16-3-5-17(6-4-16)25-10-15(9-22-25)13-7-14(11-26)19(27)18(21)8-13/h3-12,27H,1-2H3,(H2,23,24,28). The predicted octanol–water partition coefficient (Wildman–Crippen LogP) is 3.73. The maximum absolute atomic E-state index is 13.8. The largest absolute Gasteiger partial charge is 0.504 e. The Hall–Kier alpha value is -3.68. The fourth-order valence-corrected chi connectivity index (χ4v) is 2.62. The van der Waals surface area contributed by atoms with Gasteiger partial charge in [0.1, 0.15) is 0 Å². The van der Waals surface area contributed by atoms with Crippen LogP contribution in [0.25, 0.3) is 16.8 Å². The number of rotatable bonds is 5. The molecular weight excluding hydrogens is 363 g/mol. The van der Waals surface area contributed by atoms with Crippen molar-refractivity contribution in [2.24, 2.45) is 0 Å². The van der Waals surface area contributed by atoms with E-state index < -0.39 is 11.6 Å². The molecule has 0 aliphatic carbocycles. The molecule has 7 nitrogen and oxygen atoms in total. The molecule has 0 spiro atoms. The molecule has 0 bridgehead atoms. The fraction of sp³-hybridized carbons (Fsp3) is 0.150. The zero-order chi connectivity index (χ0) is 20.3. The first-order valence-electron chi connectivity index (χ1n) is 8.58. The summed E-state index contributed by atoms with van der Waals surface area (Å²) in [6.45, 7) is 3.74. The first-order chi connectivity index (χ1) is 13.4. The lowest BCUT2D eigenvalue weighted by Crippen LogP contribution is -2.34.